The van der Waals surface area contributed by atoms with Gasteiger partial charge in [0, 0.05) is 0 Å². The second-order valence-electron chi connectivity index (χ2n) is 4.31. The maximum atomic E-state index is 2.09. The Morgan fingerprint density at radius 1 is 0.400 bits per heavy atom. The summed E-state index contributed by atoms with van der Waals surface area (Å²) in [4.78, 5) is 0. The summed E-state index contributed by atoms with van der Waals surface area (Å²) < 4.78 is 0. The van der Waals surface area contributed by atoms with Crippen LogP contribution in [0, 0.1) is 0 Å². The molecule has 0 aliphatic heterocycles. The molecule has 2 rings (SSSR count). The van der Waals surface area contributed by atoms with Gasteiger partial charge in [0.2, 0.25) is 0 Å². The molecule has 0 unspecified atom stereocenters. The molecule has 0 heteroatoms. The van der Waals surface area contributed by atoms with E-state index < -0.39 is 0 Å². The SMILES string of the molecule is C(=C/C=C\c1ccccc1)/C=C\C=C\c1ccccc1. The van der Waals surface area contributed by atoms with E-state index in [9.17, 15) is 0 Å². The van der Waals surface area contributed by atoms with Crippen molar-refractivity contribution in [2.24, 2.45) is 0 Å². The molecule has 2 aromatic carbocycles. The van der Waals surface area contributed by atoms with E-state index in [2.05, 4.69) is 36.4 Å². The van der Waals surface area contributed by atoms with E-state index in [-0.39, 0.29) is 0 Å². The lowest BCUT2D eigenvalue weighted by atomic mass is 10.2. The molecule has 0 aromatic heterocycles. The number of hydrogen-bond donors (Lipinski definition) is 0. The fourth-order valence-electron chi connectivity index (χ4n) is 1.72. The number of hydrogen-bond acceptors (Lipinski definition) is 0. The van der Waals surface area contributed by atoms with Gasteiger partial charge in [-0.3, -0.25) is 0 Å². The molecule has 0 heterocycles. The Balaban J connectivity index is 1.77. The van der Waals surface area contributed by atoms with E-state index in [1.807, 2.05) is 72.9 Å². The van der Waals surface area contributed by atoms with Crippen molar-refractivity contribution in [3.8, 4) is 0 Å². The largest absolute Gasteiger partial charge is 0.0623 e. The molecule has 0 amide bonds. The van der Waals surface area contributed by atoms with Crippen molar-refractivity contribution in [2.75, 3.05) is 0 Å². The Labute approximate surface area is 121 Å². The van der Waals surface area contributed by atoms with Gasteiger partial charge in [-0.1, -0.05) is 109 Å². The van der Waals surface area contributed by atoms with E-state index in [0.717, 1.165) is 0 Å². The molecular weight excluding hydrogens is 240 g/mol. The van der Waals surface area contributed by atoms with Gasteiger partial charge in [0.15, 0.2) is 0 Å². The quantitative estimate of drug-likeness (QED) is 0.619. The summed E-state index contributed by atoms with van der Waals surface area (Å²) in [7, 11) is 0. The highest BCUT2D eigenvalue weighted by Crippen LogP contribution is 2.02. The van der Waals surface area contributed by atoms with Gasteiger partial charge in [0.1, 0.15) is 0 Å². The monoisotopic (exact) mass is 258 g/mol. The van der Waals surface area contributed by atoms with Crippen LogP contribution in [-0.2, 0) is 0 Å². The second-order valence-corrected chi connectivity index (χ2v) is 4.31. The molecule has 0 saturated heterocycles. The van der Waals surface area contributed by atoms with E-state index in [1.165, 1.54) is 11.1 Å². The third-order valence-electron chi connectivity index (χ3n) is 2.73. The first-order chi connectivity index (χ1) is 9.95. The smallest absolute Gasteiger partial charge is 0.0257 e. The molecule has 0 radical (unpaired) electrons. The minimum absolute atomic E-state index is 1.21. The van der Waals surface area contributed by atoms with Crippen molar-refractivity contribution < 1.29 is 0 Å². The number of rotatable bonds is 5. The zero-order valence-electron chi connectivity index (χ0n) is 11.4. The Bertz CT molecular complexity index is 542. The second kappa shape index (κ2) is 8.49. The molecule has 0 saturated carbocycles. The number of allylic oxidation sites excluding steroid dienone is 6. The fourth-order valence-corrected chi connectivity index (χ4v) is 1.72. The summed E-state index contributed by atoms with van der Waals surface area (Å²) >= 11 is 0. The van der Waals surface area contributed by atoms with Gasteiger partial charge in [-0.2, -0.15) is 0 Å². The molecule has 20 heavy (non-hydrogen) atoms. The van der Waals surface area contributed by atoms with Gasteiger partial charge in [0.25, 0.3) is 0 Å². The molecule has 0 N–H and O–H groups in total. The first-order valence-corrected chi connectivity index (χ1v) is 6.73. The van der Waals surface area contributed by atoms with Crippen molar-refractivity contribution in [3.05, 3.63) is 108 Å². The Morgan fingerprint density at radius 3 is 1.15 bits per heavy atom. The third-order valence-corrected chi connectivity index (χ3v) is 2.73. The van der Waals surface area contributed by atoms with Crippen LogP contribution in [0.15, 0.2) is 97.1 Å². The summed E-state index contributed by atoms with van der Waals surface area (Å²) in [6.45, 7) is 0. The molecule has 2 aromatic rings. The predicted octanol–water partition coefficient (Wildman–Crippen LogP) is 5.53. The van der Waals surface area contributed by atoms with Crippen molar-refractivity contribution in [3.63, 3.8) is 0 Å². The topological polar surface area (TPSA) is 0 Å². The molecular formula is C20H18. The predicted molar refractivity (Wildman–Crippen MR) is 89.2 cm³/mol. The average molecular weight is 258 g/mol. The molecule has 0 atom stereocenters. The van der Waals surface area contributed by atoms with Gasteiger partial charge >= 0.3 is 0 Å². The van der Waals surface area contributed by atoms with E-state index >= 15 is 0 Å². The van der Waals surface area contributed by atoms with Crippen LogP contribution in [0.25, 0.3) is 12.2 Å². The highest BCUT2D eigenvalue weighted by Gasteiger charge is 1.80. The minimum Gasteiger partial charge on any atom is -0.0623 e. The molecule has 0 aliphatic rings. The first kappa shape index (κ1) is 13.8. The van der Waals surface area contributed by atoms with E-state index in [1.54, 1.807) is 0 Å². The lowest BCUT2D eigenvalue weighted by molar-refractivity contribution is 1.66. The normalized spacial score (nSPS) is 12.2. The van der Waals surface area contributed by atoms with Crippen LogP contribution >= 0.6 is 0 Å². The van der Waals surface area contributed by atoms with E-state index in [4.69, 9.17) is 0 Å². The van der Waals surface area contributed by atoms with Crippen molar-refractivity contribution in [1.82, 2.24) is 0 Å². The lowest BCUT2D eigenvalue weighted by Gasteiger charge is -1.88. The molecule has 0 fully saturated rings. The van der Waals surface area contributed by atoms with Crippen LogP contribution < -0.4 is 0 Å². The number of benzene rings is 2. The minimum atomic E-state index is 1.21. The van der Waals surface area contributed by atoms with Crippen LogP contribution in [0.5, 0.6) is 0 Å². The fraction of sp³-hybridized carbons (Fsp3) is 0. The first-order valence-electron chi connectivity index (χ1n) is 6.73. The van der Waals surface area contributed by atoms with Crippen molar-refractivity contribution >= 4 is 12.2 Å². The Morgan fingerprint density at radius 2 is 0.750 bits per heavy atom. The average Bonchev–Trinajstić information content (AvgIpc) is 2.52. The van der Waals surface area contributed by atoms with Crippen LogP contribution in [0.4, 0.5) is 0 Å². The van der Waals surface area contributed by atoms with E-state index in [0.29, 0.717) is 0 Å². The van der Waals surface area contributed by atoms with Crippen molar-refractivity contribution in [1.29, 1.82) is 0 Å². The van der Waals surface area contributed by atoms with Gasteiger partial charge in [-0.15, -0.1) is 0 Å². The van der Waals surface area contributed by atoms with Crippen LogP contribution in [0.3, 0.4) is 0 Å². The van der Waals surface area contributed by atoms with Gasteiger partial charge in [-0.05, 0) is 11.1 Å². The standard InChI is InChI=1S/C20H18/c1(3-7-13-19-15-9-5-10-16-19)2-4-8-14-20-17-11-6-12-18-20/h1-18H/b3-1-,4-2-,13-7-,14-8+. The van der Waals surface area contributed by atoms with Crippen LogP contribution in [-0.4, -0.2) is 0 Å². The van der Waals surface area contributed by atoms with Crippen LogP contribution in [0.1, 0.15) is 11.1 Å². The Hall–Kier alpha value is -2.60. The van der Waals surface area contributed by atoms with Gasteiger partial charge < -0.3 is 0 Å². The maximum Gasteiger partial charge on any atom is -0.0257 e. The third kappa shape index (κ3) is 5.36. The summed E-state index contributed by atoms with van der Waals surface area (Å²) in [5.41, 5.74) is 2.43. The highest BCUT2D eigenvalue weighted by atomic mass is 13.9. The molecule has 0 spiro atoms. The Kier molecular flexibility index (Phi) is 5.87. The van der Waals surface area contributed by atoms with Gasteiger partial charge in [0.05, 0.1) is 0 Å². The molecule has 98 valence electrons. The van der Waals surface area contributed by atoms with Gasteiger partial charge in [-0.25, -0.2) is 0 Å². The van der Waals surface area contributed by atoms with Crippen molar-refractivity contribution in [2.45, 2.75) is 0 Å². The zero-order valence-corrected chi connectivity index (χ0v) is 11.4. The zero-order chi connectivity index (χ0) is 13.9. The molecule has 0 aliphatic carbocycles. The summed E-state index contributed by atoms with van der Waals surface area (Å²) in [5.74, 6) is 0. The molecule has 0 bridgehead atoms. The summed E-state index contributed by atoms with van der Waals surface area (Å²) in [5, 5.41) is 0. The lowest BCUT2D eigenvalue weighted by Crippen LogP contribution is -1.66. The summed E-state index contributed by atoms with van der Waals surface area (Å²) in [6.07, 6.45) is 16.4. The summed E-state index contributed by atoms with van der Waals surface area (Å²) in [6, 6.07) is 20.5. The highest BCUT2D eigenvalue weighted by molar-refractivity contribution is 5.52. The van der Waals surface area contributed by atoms with Crippen LogP contribution in [0.2, 0.25) is 0 Å². The molecule has 0 nitrogen and oxygen atoms in total. The maximum absolute atomic E-state index is 2.09.